The fraction of sp³-hybridized carbons (Fsp3) is 0.889. The van der Waals surface area contributed by atoms with Crippen molar-refractivity contribution in [2.24, 2.45) is 0 Å². The summed E-state index contributed by atoms with van der Waals surface area (Å²) in [5.74, 6) is -0.152. The fourth-order valence-corrected chi connectivity index (χ4v) is 1.71. The van der Waals surface area contributed by atoms with Crippen molar-refractivity contribution in [3.63, 3.8) is 0 Å². The van der Waals surface area contributed by atoms with Crippen LogP contribution in [0.15, 0.2) is 0 Å². The van der Waals surface area contributed by atoms with Crippen LogP contribution in [0.25, 0.3) is 0 Å². The van der Waals surface area contributed by atoms with Crippen LogP contribution < -0.4 is 0 Å². The number of aliphatic hydroxyl groups excluding tert-OH is 1. The Bertz CT molecular complexity index is 194. The third-order valence-electron chi connectivity index (χ3n) is 2.47. The highest BCUT2D eigenvalue weighted by molar-refractivity contribution is 5.80. The van der Waals surface area contributed by atoms with E-state index in [9.17, 15) is 4.79 Å². The summed E-state index contributed by atoms with van der Waals surface area (Å²) in [5, 5.41) is 9.15. The van der Waals surface area contributed by atoms with Crippen LogP contribution in [0.4, 0.5) is 0 Å². The molecule has 4 heteroatoms. The van der Waals surface area contributed by atoms with Crippen molar-refractivity contribution in [3.05, 3.63) is 0 Å². The van der Waals surface area contributed by atoms with Gasteiger partial charge in [-0.05, 0) is 20.9 Å². The highest BCUT2D eigenvalue weighted by Gasteiger charge is 2.27. The SMILES string of the molecule is C[C@H](O)C(=O)N1CCN(C)C[C@H]1C. The van der Waals surface area contributed by atoms with Crippen LogP contribution in [0.2, 0.25) is 0 Å². The molecular formula is C9H18N2O2. The Balaban J connectivity index is 2.56. The zero-order valence-electron chi connectivity index (χ0n) is 8.53. The maximum absolute atomic E-state index is 11.5. The van der Waals surface area contributed by atoms with Crippen molar-refractivity contribution in [3.8, 4) is 0 Å². The Morgan fingerprint density at radius 3 is 2.62 bits per heavy atom. The van der Waals surface area contributed by atoms with Crippen molar-refractivity contribution in [1.82, 2.24) is 9.80 Å². The summed E-state index contributed by atoms with van der Waals surface area (Å²) >= 11 is 0. The molecule has 0 spiro atoms. The van der Waals surface area contributed by atoms with E-state index < -0.39 is 6.10 Å². The van der Waals surface area contributed by atoms with Gasteiger partial charge in [-0.15, -0.1) is 0 Å². The number of hydrogen-bond acceptors (Lipinski definition) is 3. The van der Waals surface area contributed by atoms with Gasteiger partial charge >= 0.3 is 0 Å². The van der Waals surface area contributed by atoms with Crippen LogP contribution in [0, 0.1) is 0 Å². The summed E-state index contributed by atoms with van der Waals surface area (Å²) in [6.45, 7) is 6.03. The van der Waals surface area contributed by atoms with Gasteiger partial charge in [-0.2, -0.15) is 0 Å². The molecule has 0 bridgehead atoms. The number of nitrogens with zero attached hydrogens (tertiary/aromatic N) is 2. The van der Waals surface area contributed by atoms with E-state index in [2.05, 4.69) is 4.90 Å². The van der Waals surface area contributed by atoms with Crippen LogP contribution in [-0.4, -0.2) is 59.6 Å². The molecule has 0 aromatic rings. The third-order valence-corrected chi connectivity index (χ3v) is 2.47. The molecule has 4 nitrogen and oxygen atoms in total. The predicted octanol–water partition coefficient (Wildman–Crippen LogP) is -0.470. The maximum atomic E-state index is 11.5. The summed E-state index contributed by atoms with van der Waals surface area (Å²) in [4.78, 5) is 15.4. The Morgan fingerprint density at radius 1 is 1.54 bits per heavy atom. The lowest BCUT2D eigenvalue weighted by atomic mass is 10.2. The highest BCUT2D eigenvalue weighted by Crippen LogP contribution is 2.09. The van der Waals surface area contributed by atoms with Crippen LogP contribution in [0.1, 0.15) is 13.8 Å². The number of piperazine rings is 1. The van der Waals surface area contributed by atoms with E-state index in [1.807, 2.05) is 14.0 Å². The molecule has 0 unspecified atom stereocenters. The predicted molar refractivity (Wildman–Crippen MR) is 50.4 cm³/mol. The number of likely N-dealkylation sites (N-methyl/N-ethyl adjacent to an activating group) is 1. The van der Waals surface area contributed by atoms with Gasteiger partial charge in [0.1, 0.15) is 6.10 Å². The van der Waals surface area contributed by atoms with Crippen molar-refractivity contribution >= 4 is 5.91 Å². The molecule has 1 amide bonds. The maximum Gasteiger partial charge on any atom is 0.251 e. The van der Waals surface area contributed by atoms with E-state index in [4.69, 9.17) is 5.11 Å². The first kappa shape index (κ1) is 10.5. The van der Waals surface area contributed by atoms with E-state index in [1.54, 1.807) is 4.90 Å². The first-order valence-electron chi connectivity index (χ1n) is 4.69. The summed E-state index contributed by atoms with van der Waals surface area (Å²) in [6, 6.07) is 0.209. The Morgan fingerprint density at radius 2 is 2.15 bits per heavy atom. The Kier molecular flexibility index (Phi) is 3.27. The van der Waals surface area contributed by atoms with Crippen LogP contribution in [-0.2, 0) is 4.79 Å². The second-order valence-corrected chi connectivity index (χ2v) is 3.82. The first-order chi connectivity index (χ1) is 6.02. The second kappa shape index (κ2) is 4.07. The molecule has 0 aliphatic carbocycles. The van der Waals surface area contributed by atoms with Gasteiger partial charge in [-0.25, -0.2) is 0 Å². The van der Waals surface area contributed by atoms with Gasteiger partial charge in [0.05, 0.1) is 0 Å². The van der Waals surface area contributed by atoms with E-state index in [0.717, 1.165) is 19.6 Å². The molecule has 0 aromatic carbocycles. The number of rotatable bonds is 1. The van der Waals surface area contributed by atoms with E-state index in [-0.39, 0.29) is 11.9 Å². The molecule has 0 aromatic heterocycles. The highest BCUT2D eigenvalue weighted by atomic mass is 16.3. The monoisotopic (exact) mass is 186 g/mol. The molecule has 0 saturated carbocycles. The number of carbonyl (C=O) groups is 1. The second-order valence-electron chi connectivity index (χ2n) is 3.82. The minimum Gasteiger partial charge on any atom is -0.384 e. The molecule has 1 N–H and O–H groups in total. The van der Waals surface area contributed by atoms with Crippen molar-refractivity contribution in [2.75, 3.05) is 26.7 Å². The summed E-state index contributed by atoms with van der Waals surface area (Å²) < 4.78 is 0. The quantitative estimate of drug-likeness (QED) is 0.602. The lowest BCUT2D eigenvalue weighted by molar-refractivity contribution is -0.143. The largest absolute Gasteiger partial charge is 0.384 e. The van der Waals surface area contributed by atoms with Gasteiger partial charge in [-0.3, -0.25) is 4.79 Å². The molecule has 1 heterocycles. The van der Waals surface area contributed by atoms with E-state index >= 15 is 0 Å². The standard InChI is InChI=1S/C9H18N2O2/c1-7-6-10(3)4-5-11(7)9(13)8(2)12/h7-8,12H,4-6H2,1-3H3/t7-,8+/m1/s1. The molecular weight excluding hydrogens is 168 g/mol. The minimum atomic E-state index is -0.870. The smallest absolute Gasteiger partial charge is 0.251 e. The van der Waals surface area contributed by atoms with Gasteiger partial charge in [-0.1, -0.05) is 0 Å². The summed E-state index contributed by atoms with van der Waals surface area (Å²) in [6.07, 6.45) is -0.870. The number of amides is 1. The molecule has 1 rings (SSSR count). The number of aliphatic hydroxyl groups is 1. The zero-order chi connectivity index (χ0) is 10.0. The molecule has 13 heavy (non-hydrogen) atoms. The molecule has 1 aliphatic rings. The van der Waals surface area contributed by atoms with Crippen molar-refractivity contribution in [2.45, 2.75) is 26.0 Å². The lowest BCUT2D eigenvalue weighted by Crippen LogP contribution is -2.54. The average molecular weight is 186 g/mol. The Hall–Kier alpha value is -0.610. The summed E-state index contributed by atoms with van der Waals surface area (Å²) in [7, 11) is 2.04. The van der Waals surface area contributed by atoms with Crippen LogP contribution in [0.5, 0.6) is 0 Å². The molecule has 1 fully saturated rings. The third kappa shape index (κ3) is 2.42. The average Bonchev–Trinajstić information content (AvgIpc) is 2.03. The first-order valence-corrected chi connectivity index (χ1v) is 4.69. The fourth-order valence-electron chi connectivity index (χ4n) is 1.71. The molecule has 76 valence electrons. The lowest BCUT2D eigenvalue weighted by Gasteiger charge is -2.38. The van der Waals surface area contributed by atoms with Crippen molar-refractivity contribution < 1.29 is 9.90 Å². The van der Waals surface area contributed by atoms with E-state index in [0.29, 0.717) is 0 Å². The van der Waals surface area contributed by atoms with E-state index in [1.165, 1.54) is 6.92 Å². The topological polar surface area (TPSA) is 43.8 Å². The van der Waals surface area contributed by atoms with Gasteiger partial charge in [0.15, 0.2) is 0 Å². The van der Waals surface area contributed by atoms with Crippen LogP contribution >= 0.6 is 0 Å². The van der Waals surface area contributed by atoms with Gasteiger partial charge in [0, 0.05) is 25.7 Å². The van der Waals surface area contributed by atoms with Gasteiger partial charge in [0.25, 0.3) is 5.91 Å². The summed E-state index contributed by atoms with van der Waals surface area (Å²) in [5.41, 5.74) is 0. The normalized spacial score (nSPS) is 27.4. The number of carbonyl (C=O) groups excluding carboxylic acids is 1. The van der Waals surface area contributed by atoms with Crippen LogP contribution in [0.3, 0.4) is 0 Å². The number of hydrogen-bond donors (Lipinski definition) is 1. The Labute approximate surface area is 79.1 Å². The van der Waals surface area contributed by atoms with Crippen molar-refractivity contribution in [1.29, 1.82) is 0 Å². The molecule has 1 saturated heterocycles. The molecule has 0 radical (unpaired) electrons. The minimum absolute atomic E-state index is 0.152. The zero-order valence-corrected chi connectivity index (χ0v) is 8.53. The van der Waals surface area contributed by atoms with Gasteiger partial charge in [0.2, 0.25) is 0 Å². The van der Waals surface area contributed by atoms with Gasteiger partial charge < -0.3 is 14.9 Å². The molecule has 1 aliphatic heterocycles. The molecule has 2 atom stereocenters.